The summed E-state index contributed by atoms with van der Waals surface area (Å²) < 4.78 is 4.29. The Labute approximate surface area is 85.8 Å². The second-order valence-electron chi connectivity index (χ2n) is 2.58. The Morgan fingerprint density at radius 2 is 2.07 bits per heavy atom. The van der Waals surface area contributed by atoms with Gasteiger partial charge in [-0.25, -0.2) is 0 Å². The first kappa shape index (κ1) is 11.2. The molecule has 15 heavy (non-hydrogen) atoms. The number of nitrogens with zero attached hydrogens (tertiary/aromatic N) is 1. The Hall–Kier alpha value is -1.86. The number of nitro groups is 1. The maximum absolute atomic E-state index is 10.6. The van der Waals surface area contributed by atoms with Crippen molar-refractivity contribution >= 4 is 19.1 Å². The van der Waals surface area contributed by atoms with Gasteiger partial charge in [0.25, 0.3) is 5.69 Å². The maximum Gasteiger partial charge on any atom is 0.707 e. The number of nitro benzene ring substituents is 1. The maximum atomic E-state index is 10.6. The topological polar surface area (TPSA) is 92.8 Å². The van der Waals surface area contributed by atoms with E-state index in [1.807, 2.05) is 0 Å². The van der Waals surface area contributed by atoms with E-state index >= 15 is 0 Å². The fourth-order valence-corrected chi connectivity index (χ4v) is 0.978. The molecule has 0 aliphatic carbocycles. The third-order valence-electron chi connectivity index (χ3n) is 1.58. The van der Waals surface area contributed by atoms with E-state index in [4.69, 9.17) is 10.0 Å². The van der Waals surface area contributed by atoms with Gasteiger partial charge in [-0.3, -0.25) is 10.1 Å². The van der Waals surface area contributed by atoms with Crippen LogP contribution in [0.25, 0.3) is 6.08 Å². The minimum atomic E-state index is -1.93. The summed E-state index contributed by atoms with van der Waals surface area (Å²) in [4.78, 5) is 10.0. The molecule has 0 saturated carbocycles. The van der Waals surface area contributed by atoms with Crippen LogP contribution in [-0.4, -0.2) is 22.3 Å². The summed E-state index contributed by atoms with van der Waals surface area (Å²) in [5.41, 5.74) is 0.243. The number of hydrogen-bond acceptors (Lipinski definition) is 5. The molecular formula is C8H8BNO5. The van der Waals surface area contributed by atoms with Crippen LogP contribution in [0, 0.1) is 10.1 Å². The minimum Gasteiger partial charge on any atom is -0.518 e. The molecule has 0 atom stereocenters. The Kier molecular flexibility index (Phi) is 3.84. The van der Waals surface area contributed by atoms with Gasteiger partial charge in [0.15, 0.2) is 0 Å². The van der Waals surface area contributed by atoms with Crippen molar-refractivity contribution in [2.24, 2.45) is 0 Å². The largest absolute Gasteiger partial charge is 0.707 e. The number of hydrogen-bond donors (Lipinski definition) is 2. The van der Waals surface area contributed by atoms with Crippen molar-refractivity contribution in [3.63, 3.8) is 0 Å². The van der Waals surface area contributed by atoms with E-state index in [1.165, 1.54) is 24.3 Å². The first-order valence-electron chi connectivity index (χ1n) is 4.03. The van der Waals surface area contributed by atoms with E-state index in [-0.39, 0.29) is 5.69 Å². The zero-order valence-electron chi connectivity index (χ0n) is 7.61. The fraction of sp³-hybridized carbons (Fsp3) is 0. The summed E-state index contributed by atoms with van der Waals surface area (Å²) in [7, 11) is -1.93. The Morgan fingerprint density at radius 1 is 1.40 bits per heavy atom. The van der Waals surface area contributed by atoms with Crippen molar-refractivity contribution in [1.82, 2.24) is 0 Å². The standard InChI is InChI=1S/C8H8BNO5/c11-9(12)15-6-5-7-3-1-2-4-8(7)10(13)14/h1-6,11-12H/b6-5+. The molecule has 0 spiro atoms. The van der Waals surface area contributed by atoms with E-state index in [1.54, 1.807) is 6.07 Å². The van der Waals surface area contributed by atoms with Crippen molar-refractivity contribution in [2.45, 2.75) is 0 Å². The molecular weight excluding hydrogens is 201 g/mol. The second kappa shape index (κ2) is 5.13. The van der Waals surface area contributed by atoms with Crippen LogP contribution in [0.3, 0.4) is 0 Å². The van der Waals surface area contributed by atoms with Crippen LogP contribution in [0.1, 0.15) is 5.56 Å². The highest BCUT2D eigenvalue weighted by molar-refractivity contribution is 6.32. The first-order valence-corrected chi connectivity index (χ1v) is 4.03. The van der Waals surface area contributed by atoms with Crippen molar-refractivity contribution in [3.05, 3.63) is 46.2 Å². The van der Waals surface area contributed by atoms with Gasteiger partial charge in [0.2, 0.25) is 0 Å². The molecule has 0 amide bonds. The van der Waals surface area contributed by atoms with Crippen molar-refractivity contribution < 1.29 is 19.6 Å². The number of benzene rings is 1. The number of rotatable bonds is 4. The van der Waals surface area contributed by atoms with E-state index in [2.05, 4.69) is 4.65 Å². The average Bonchev–Trinajstić information content (AvgIpc) is 2.17. The van der Waals surface area contributed by atoms with Crippen LogP contribution in [0.5, 0.6) is 0 Å². The molecule has 0 fully saturated rings. The van der Waals surface area contributed by atoms with Gasteiger partial charge < -0.3 is 14.7 Å². The summed E-state index contributed by atoms with van der Waals surface area (Å²) in [6.07, 6.45) is 2.25. The molecule has 0 heterocycles. The lowest BCUT2D eigenvalue weighted by molar-refractivity contribution is -0.385. The van der Waals surface area contributed by atoms with Gasteiger partial charge in [-0.15, -0.1) is 0 Å². The van der Waals surface area contributed by atoms with Crippen molar-refractivity contribution in [1.29, 1.82) is 0 Å². The summed E-state index contributed by atoms with van der Waals surface area (Å²) in [5.74, 6) is 0. The molecule has 1 aromatic carbocycles. The van der Waals surface area contributed by atoms with Gasteiger partial charge in [0.1, 0.15) is 0 Å². The third-order valence-corrected chi connectivity index (χ3v) is 1.58. The molecule has 0 radical (unpaired) electrons. The van der Waals surface area contributed by atoms with Gasteiger partial charge in [0, 0.05) is 6.07 Å². The van der Waals surface area contributed by atoms with E-state index in [9.17, 15) is 10.1 Å². The highest BCUT2D eigenvalue weighted by Gasteiger charge is 2.10. The summed E-state index contributed by atoms with van der Waals surface area (Å²) in [6, 6.07) is 6.02. The monoisotopic (exact) mass is 209 g/mol. The van der Waals surface area contributed by atoms with Gasteiger partial charge >= 0.3 is 7.32 Å². The molecule has 0 aromatic heterocycles. The van der Waals surface area contributed by atoms with Crippen LogP contribution in [0.2, 0.25) is 0 Å². The molecule has 6 nitrogen and oxygen atoms in total. The normalized spacial score (nSPS) is 10.3. The van der Waals surface area contributed by atoms with Crippen molar-refractivity contribution in [2.75, 3.05) is 0 Å². The Bertz CT molecular complexity index is 379. The molecule has 0 saturated heterocycles. The molecule has 78 valence electrons. The van der Waals surface area contributed by atoms with Crippen LogP contribution < -0.4 is 0 Å². The van der Waals surface area contributed by atoms with E-state index in [0.29, 0.717) is 5.56 Å². The third kappa shape index (κ3) is 3.41. The van der Waals surface area contributed by atoms with Crippen LogP contribution >= 0.6 is 0 Å². The molecule has 7 heteroatoms. The molecule has 0 aliphatic rings. The molecule has 0 bridgehead atoms. The van der Waals surface area contributed by atoms with Gasteiger partial charge in [0.05, 0.1) is 16.7 Å². The van der Waals surface area contributed by atoms with Gasteiger partial charge in [-0.05, 0) is 12.1 Å². The SMILES string of the molecule is O=[N+]([O-])c1ccccc1/C=C/OB(O)O. The summed E-state index contributed by atoms with van der Waals surface area (Å²) >= 11 is 0. The summed E-state index contributed by atoms with van der Waals surface area (Å²) in [6.45, 7) is 0. The van der Waals surface area contributed by atoms with Crippen LogP contribution in [0.4, 0.5) is 5.69 Å². The van der Waals surface area contributed by atoms with Crippen molar-refractivity contribution in [3.8, 4) is 0 Å². The average molecular weight is 209 g/mol. The van der Waals surface area contributed by atoms with Gasteiger partial charge in [-0.2, -0.15) is 0 Å². The highest BCUT2D eigenvalue weighted by atomic mass is 16.6. The predicted molar refractivity (Wildman–Crippen MR) is 53.4 cm³/mol. The Morgan fingerprint density at radius 3 is 2.67 bits per heavy atom. The first-order chi connectivity index (χ1) is 7.11. The fourth-order valence-electron chi connectivity index (χ4n) is 0.978. The van der Waals surface area contributed by atoms with Crippen LogP contribution in [-0.2, 0) is 4.65 Å². The molecule has 1 rings (SSSR count). The smallest absolute Gasteiger partial charge is 0.518 e. The molecule has 2 N–H and O–H groups in total. The number of para-hydroxylation sites is 1. The van der Waals surface area contributed by atoms with Gasteiger partial charge in [-0.1, -0.05) is 12.1 Å². The second-order valence-corrected chi connectivity index (χ2v) is 2.58. The van der Waals surface area contributed by atoms with Crippen LogP contribution in [0.15, 0.2) is 30.5 Å². The molecule has 0 aliphatic heterocycles. The molecule has 1 aromatic rings. The zero-order chi connectivity index (χ0) is 11.3. The quantitative estimate of drug-likeness (QED) is 0.327. The Balaban J connectivity index is 2.84. The minimum absolute atomic E-state index is 0.0789. The lowest BCUT2D eigenvalue weighted by atomic mass is 10.2. The lowest BCUT2D eigenvalue weighted by Crippen LogP contribution is -2.12. The molecule has 0 unspecified atom stereocenters. The highest BCUT2D eigenvalue weighted by Crippen LogP contribution is 2.18. The van der Waals surface area contributed by atoms with E-state index < -0.39 is 12.2 Å². The van der Waals surface area contributed by atoms with E-state index in [0.717, 1.165) is 6.26 Å². The predicted octanol–water partition coefficient (Wildman–Crippen LogP) is 0.552. The summed E-state index contributed by atoms with van der Waals surface area (Å²) in [5, 5.41) is 27.3. The zero-order valence-corrected chi connectivity index (χ0v) is 7.61. The lowest BCUT2D eigenvalue weighted by Gasteiger charge is -1.97.